The second kappa shape index (κ2) is 6.83. The summed E-state index contributed by atoms with van der Waals surface area (Å²) in [4.78, 5) is 16.5. The van der Waals surface area contributed by atoms with Crippen LogP contribution < -0.4 is 4.57 Å². The summed E-state index contributed by atoms with van der Waals surface area (Å²) in [5.74, 6) is 0.306. The Hall–Kier alpha value is -3.01. The van der Waals surface area contributed by atoms with Crippen molar-refractivity contribution in [1.82, 2.24) is 4.98 Å². The van der Waals surface area contributed by atoms with E-state index in [-0.39, 0.29) is 18.1 Å². The number of carbonyl (C=O) groups excluding carboxylic acids is 1. The van der Waals surface area contributed by atoms with Gasteiger partial charge < -0.3 is 5.11 Å². The van der Waals surface area contributed by atoms with Gasteiger partial charge in [0.15, 0.2) is 6.20 Å². The van der Waals surface area contributed by atoms with Gasteiger partial charge in [0.1, 0.15) is 5.75 Å². The third-order valence-corrected chi connectivity index (χ3v) is 3.66. The number of aromatic hydroxyl groups is 1. The standard InChI is InChI=1S/C19H16N2O2/c22-18-8-6-15(7-9-18)12-17-13-20-10-11-21(17)14-19(23)16-4-2-1-3-5-16/h1-11,13H,12,14H2/p+1. The first-order valence-electron chi connectivity index (χ1n) is 7.41. The first-order chi connectivity index (χ1) is 11.2. The minimum absolute atomic E-state index is 0.0637. The molecule has 0 bridgehead atoms. The van der Waals surface area contributed by atoms with Gasteiger partial charge in [-0.2, -0.15) is 4.57 Å². The summed E-state index contributed by atoms with van der Waals surface area (Å²) in [6.45, 7) is 0.278. The van der Waals surface area contributed by atoms with Crippen LogP contribution in [0.1, 0.15) is 21.6 Å². The third-order valence-electron chi connectivity index (χ3n) is 3.66. The average molecular weight is 305 g/mol. The van der Waals surface area contributed by atoms with Crippen LogP contribution in [0, 0.1) is 0 Å². The van der Waals surface area contributed by atoms with E-state index in [4.69, 9.17) is 0 Å². The second-order valence-corrected chi connectivity index (χ2v) is 5.33. The largest absolute Gasteiger partial charge is 0.508 e. The molecule has 2 aromatic carbocycles. The molecular formula is C19H17N2O2+. The number of benzene rings is 2. The van der Waals surface area contributed by atoms with E-state index in [2.05, 4.69) is 4.98 Å². The lowest BCUT2D eigenvalue weighted by atomic mass is 10.1. The van der Waals surface area contributed by atoms with Crippen LogP contribution in [-0.4, -0.2) is 15.9 Å². The summed E-state index contributed by atoms with van der Waals surface area (Å²) in [7, 11) is 0. The molecule has 0 radical (unpaired) electrons. The molecule has 0 atom stereocenters. The maximum Gasteiger partial charge on any atom is 0.227 e. The Kier molecular flexibility index (Phi) is 4.43. The molecule has 0 saturated heterocycles. The summed E-state index contributed by atoms with van der Waals surface area (Å²) < 4.78 is 1.91. The van der Waals surface area contributed by atoms with Gasteiger partial charge in [0.05, 0.1) is 18.8 Å². The van der Waals surface area contributed by atoms with E-state index in [0.717, 1.165) is 11.3 Å². The van der Waals surface area contributed by atoms with E-state index < -0.39 is 0 Å². The molecular weight excluding hydrogens is 288 g/mol. The number of Topliss-reactive ketones (excluding diaryl/α,β-unsaturated/α-hetero) is 1. The van der Waals surface area contributed by atoms with Crippen molar-refractivity contribution in [3.8, 4) is 5.75 Å². The molecule has 3 aromatic rings. The molecule has 4 nitrogen and oxygen atoms in total. The van der Waals surface area contributed by atoms with E-state index in [1.807, 2.05) is 53.2 Å². The number of ketones is 1. The molecule has 114 valence electrons. The number of rotatable bonds is 5. The Morgan fingerprint density at radius 1 is 1.04 bits per heavy atom. The number of aromatic nitrogens is 2. The summed E-state index contributed by atoms with van der Waals surface area (Å²) >= 11 is 0. The summed E-state index contributed by atoms with van der Waals surface area (Å²) in [6.07, 6.45) is 5.91. The Labute approximate surface area is 134 Å². The van der Waals surface area contributed by atoms with Crippen LogP contribution in [0.5, 0.6) is 5.75 Å². The normalized spacial score (nSPS) is 10.4. The zero-order chi connectivity index (χ0) is 16.1. The topological polar surface area (TPSA) is 54.1 Å². The first kappa shape index (κ1) is 14.9. The molecule has 0 spiro atoms. The van der Waals surface area contributed by atoms with Gasteiger partial charge >= 0.3 is 0 Å². The zero-order valence-electron chi connectivity index (χ0n) is 12.6. The Morgan fingerprint density at radius 3 is 2.52 bits per heavy atom. The maximum absolute atomic E-state index is 12.4. The van der Waals surface area contributed by atoms with Gasteiger partial charge in [0, 0.05) is 5.56 Å². The minimum atomic E-state index is 0.0637. The number of hydrogen-bond acceptors (Lipinski definition) is 3. The second-order valence-electron chi connectivity index (χ2n) is 5.33. The van der Waals surface area contributed by atoms with Crippen molar-refractivity contribution >= 4 is 5.78 Å². The SMILES string of the molecule is O=C(C[n+]1ccncc1Cc1ccc(O)cc1)c1ccccc1. The number of phenols is 1. The minimum Gasteiger partial charge on any atom is -0.508 e. The Balaban J connectivity index is 1.80. The lowest BCUT2D eigenvalue weighted by molar-refractivity contribution is -0.690. The molecule has 0 fully saturated rings. The van der Waals surface area contributed by atoms with Crippen LogP contribution >= 0.6 is 0 Å². The smallest absolute Gasteiger partial charge is 0.227 e. The predicted octanol–water partition coefficient (Wildman–Crippen LogP) is 2.55. The number of phenolic OH excluding ortho intramolecular Hbond substituents is 1. The number of hydrogen-bond donors (Lipinski definition) is 1. The molecule has 0 amide bonds. The monoisotopic (exact) mass is 305 g/mol. The van der Waals surface area contributed by atoms with Crippen molar-refractivity contribution in [1.29, 1.82) is 0 Å². The van der Waals surface area contributed by atoms with Gasteiger partial charge in [-0.15, -0.1) is 0 Å². The summed E-state index contributed by atoms with van der Waals surface area (Å²) in [5, 5.41) is 9.36. The molecule has 0 unspecified atom stereocenters. The highest BCUT2D eigenvalue weighted by Crippen LogP contribution is 2.12. The van der Waals surface area contributed by atoms with Crippen molar-refractivity contribution in [3.63, 3.8) is 0 Å². The van der Waals surface area contributed by atoms with Crippen molar-refractivity contribution in [3.05, 3.63) is 90.0 Å². The maximum atomic E-state index is 12.4. The fourth-order valence-electron chi connectivity index (χ4n) is 2.41. The molecule has 1 aromatic heterocycles. The Bertz CT molecular complexity index is 799. The van der Waals surface area contributed by atoms with Crippen molar-refractivity contribution in [2.24, 2.45) is 0 Å². The van der Waals surface area contributed by atoms with Gasteiger partial charge in [-0.1, -0.05) is 42.5 Å². The van der Waals surface area contributed by atoms with Gasteiger partial charge in [0.25, 0.3) is 0 Å². The third kappa shape index (κ3) is 3.80. The van der Waals surface area contributed by atoms with E-state index in [0.29, 0.717) is 12.0 Å². The molecule has 3 rings (SSSR count). The van der Waals surface area contributed by atoms with E-state index >= 15 is 0 Å². The van der Waals surface area contributed by atoms with Gasteiger partial charge in [-0.3, -0.25) is 9.78 Å². The Morgan fingerprint density at radius 2 is 1.78 bits per heavy atom. The fourth-order valence-corrected chi connectivity index (χ4v) is 2.41. The van der Waals surface area contributed by atoms with Gasteiger partial charge in [-0.25, -0.2) is 0 Å². The summed E-state index contributed by atoms with van der Waals surface area (Å²) in [5.41, 5.74) is 2.70. The fraction of sp³-hybridized carbons (Fsp3) is 0.105. The molecule has 0 aliphatic heterocycles. The van der Waals surface area contributed by atoms with Crippen LogP contribution in [0.4, 0.5) is 0 Å². The molecule has 4 heteroatoms. The zero-order valence-corrected chi connectivity index (χ0v) is 12.6. The van der Waals surface area contributed by atoms with Gasteiger partial charge in [0.2, 0.25) is 18.0 Å². The first-order valence-corrected chi connectivity index (χ1v) is 7.41. The number of carbonyl (C=O) groups is 1. The number of nitrogens with zero attached hydrogens (tertiary/aromatic N) is 2. The molecule has 23 heavy (non-hydrogen) atoms. The van der Waals surface area contributed by atoms with Crippen LogP contribution in [-0.2, 0) is 13.0 Å². The average Bonchev–Trinajstić information content (AvgIpc) is 2.59. The highest BCUT2D eigenvalue weighted by Gasteiger charge is 2.16. The quantitative estimate of drug-likeness (QED) is 0.582. The van der Waals surface area contributed by atoms with E-state index in [1.54, 1.807) is 24.5 Å². The van der Waals surface area contributed by atoms with Crippen LogP contribution in [0.15, 0.2) is 73.2 Å². The molecule has 0 aliphatic carbocycles. The van der Waals surface area contributed by atoms with Gasteiger partial charge in [-0.05, 0) is 17.7 Å². The molecule has 1 N–H and O–H groups in total. The molecule has 1 heterocycles. The lowest BCUT2D eigenvalue weighted by Crippen LogP contribution is -2.42. The van der Waals surface area contributed by atoms with E-state index in [1.165, 1.54) is 0 Å². The van der Waals surface area contributed by atoms with Crippen LogP contribution in [0.25, 0.3) is 0 Å². The van der Waals surface area contributed by atoms with Crippen molar-refractivity contribution in [2.45, 2.75) is 13.0 Å². The highest BCUT2D eigenvalue weighted by atomic mass is 16.3. The van der Waals surface area contributed by atoms with Crippen molar-refractivity contribution < 1.29 is 14.5 Å². The van der Waals surface area contributed by atoms with Crippen molar-refractivity contribution in [2.75, 3.05) is 0 Å². The predicted molar refractivity (Wildman–Crippen MR) is 86.1 cm³/mol. The van der Waals surface area contributed by atoms with Crippen LogP contribution in [0.3, 0.4) is 0 Å². The molecule has 0 saturated carbocycles. The molecule has 0 aliphatic rings. The lowest BCUT2D eigenvalue weighted by Gasteiger charge is -2.04. The van der Waals surface area contributed by atoms with E-state index in [9.17, 15) is 9.90 Å². The van der Waals surface area contributed by atoms with Crippen LogP contribution in [0.2, 0.25) is 0 Å². The highest BCUT2D eigenvalue weighted by molar-refractivity contribution is 5.94. The summed E-state index contributed by atoms with van der Waals surface area (Å²) in [6, 6.07) is 16.3.